The Hall–Kier alpha value is -3.41. The van der Waals surface area contributed by atoms with Crippen molar-refractivity contribution in [2.24, 2.45) is 0 Å². The number of pyridine rings is 1. The van der Waals surface area contributed by atoms with Gasteiger partial charge in [-0.2, -0.15) is 5.26 Å². The van der Waals surface area contributed by atoms with Gasteiger partial charge < -0.3 is 10.2 Å². The number of rotatable bonds is 5. The minimum Gasteiger partial charge on any atom is -0.343 e. The lowest BCUT2D eigenvalue weighted by molar-refractivity contribution is -0.131. The number of nitriles is 1. The Morgan fingerprint density at radius 1 is 1.28 bits per heavy atom. The number of benzene rings is 1. The average molecular weight is 402 g/mol. The minimum atomic E-state index is -3.12. The monoisotopic (exact) mass is 402 g/mol. The third-order valence-corrected chi connectivity index (χ3v) is 4.60. The Labute approximate surface area is 165 Å². The van der Waals surface area contributed by atoms with Gasteiger partial charge in [-0.1, -0.05) is 12.1 Å². The van der Waals surface area contributed by atoms with Crippen LogP contribution < -0.4 is 5.32 Å². The summed E-state index contributed by atoms with van der Waals surface area (Å²) in [5, 5.41) is 11.4. The van der Waals surface area contributed by atoms with E-state index in [-0.39, 0.29) is 11.4 Å². The van der Waals surface area contributed by atoms with Gasteiger partial charge in [-0.15, -0.1) is 0 Å². The second-order valence-electron chi connectivity index (χ2n) is 6.75. The molecule has 2 heterocycles. The summed E-state index contributed by atoms with van der Waals surface area (Å²) in [6.45, 7) is -1.35. The molecule has 29 heavy (non-hydrogen) atoms. The molecule has 150 valence electrons. The van der Waals surface area contributed by atoms with Crippen LogP contribution in [0.3, 0.4) is 0 Å². The van der Waals surface area contributed by atoms with Crippen molar-refractivity contribution < 1.29 is 22.8 Å². The summed E-state index contributed by atoms with van der Waals surface area (Å²) in [7, 11) is 0. The van der Waals surface area contributed by atoms with E-state index in [1.165, 1.54) is 30.6 Å². The topological polar surface area (TPSA) is 86.1 Å². The molecule has 1 saturated heterocycles. The van der Waals surface area contributed by atoms with Crippen molar-refractivity contribution in [3.63, 3.8) is 0 Å². The molecule has 0 aliphatic carbocycles. The van der Waals surface area contributed by atoms with Crippen LogP contribution in [0.5, 0.6) is 0 Å². The van der Waals surface area contributed by atoms with Gasteiger partial charge in [0.25, 0.3) is 11.8 Å². The van der Waals surface area contributed by atoms with Gasteiger partial charge in [0.2, 0.25) is 5.91 Å². The molecule has 0 saturated carbocycles. The van der Waals surface area contributed by atoms with E-state index in [4.69, 9.17) is 5.26 Å². The number of carbonyl (C=O) groups excluding carboxylic acids is 2. The van der Waals surface area contributed by atoms with Crippen LogP contribution in [-0.4, -0.2) is 46.8 Å². The molecule has 1 aromatic carbocycles. The normalized spacial score (nSPS) is 17.6. The van der Waals surface area contributed by atoms with Crippen LogP contribution >= 0.6 is 0 Å². The molecular weight excluding hydrogens is 385 g/mol. The molecule has 6 nitrogen and oxygen atoms in total. The number of nitrogens with zero attached hydrogens (tertiary/aromatic N) is 3. The number of aromatic nitrogens is 1. The lowest BCUT2D eigenvalue weighted by atomic mass is 10.0. The van der Waals surface area contributed by atoms with Crippen LogP contribution in [0.4, 0.5) is 13.2 Å². The third kappa shape index (κ3) is 4.90. The second-order valence-corrected chi connectivity index (χ2v) is 6.75. The first-order valence-electron chi connectivity index (χ1n) is 8.81. The molecule has 9 heteroatoms. The molecule has 0 bridgehead atoms. The standard InChI is InChI=1S/C20H17F3N4O2/c21-15-3-1-13(2-4-15)7-14-10-25-6-5-17(14)19(29)26-11-18(28)27-12-20(22,23)8-16(27)9-24/h1-6,10,16H,7-8,11-12H2,(H,26,29). The number of hydrogen-bond donors (Lipinski definition) is 1. The van der Waals surface area contributed by atoms with Crippen LogP contribution in [0.1, 0.15) is 27.9 Å². The fourth-order valence-electron chi connectivity index (χ4n) is 3.16. The Morgan fingerprint density at radius 3 is 2.69 bits per heavy atom. The molecule has 3 rings (SSSR count). The quantitative estimate of drug-likeness (QED) is 0.832. The maximum absolute atomic E-state index is 13.5. The van der Waals surface area contributed by atoms with E-state index >= 15 is 0 Å². The summed E-state index contributed by atoms with van der Waals surface area (Å²) >= 11 is 0. The lowest BCUT2D eigenvalue weighted by Gasteiger charge is -2.19. The molecular formula is C20H17F3N4O2. The molecule has 1 aliphatic heterocycles. The number of halogens is 3. The van der Waals surface area contributed by atoms with Gasteiger partial charge in [0, 0.05) is 24.4 Å². The molecule has 0 radical (unpaired) electrons. The highest BCUT2D eigenvalue weighted by Crippen LogP contribution is 2.31. The fourth-order valence-corrected chi connectivity index (χ4v) is 3.16. The van der Waals surface area contributed by atoms with E-state index in [2.05, 4.69) is 10.3 Å². The van der Waals surface area contributed by atoms with E-state index in [0.717, 1.165) is 10.5 Å². The summed E-state index contributed by atoms with van der Waals surface area (Å²) < 4.78 is 40.0. The summed E-state index contributed by atoms with van der Waals surface area (Å²) in [6, 6.07) is 7.73. The van der Waals surface area contributed by atoms with Crippen molar-refractivity contribution in [2.75, 3.05) is 13.1 Å². The SMILES string of the molecule is N#CC1CC(F)(F)CN1C(=O)CNC(=O)c1ccncc1Cc1ccc(F)cc1. The van der Waals surface area contributed by atoms with Crippen molar-refractivity contribution in [2.45, 2.75) is 24.8 Å². The lowest BCUT2D eigenvalue weighted by Crippen LogP contribution is -2.43. The van der Waals surface area contributed by atoms with E-state index in [1.54, 1.807) is 18.2 Å². The minimum absolute atomic E-state index is 0.265. The van der Waals surface area contributed by atoms with E-state index in [0.29, 0.717) is 12.0 Å². The van der Waals surface area contributed by atoms with Crippen molar-refractivity contribution >= 4 is 11.8 Å². The highest BCUT2D eigenvalue weighted by molar-refractivity contribution is 5.97. The molecule has 1 N–H and O–H groups in total. The summed E-state index contributed by atoms with van der Waals surface area (Å²) in [6.07, 6.45) is 2.51. The Kier molecular flexibility index (Phi) is 5.82. The average Bonchev–Trinajstić information content (AvgIpc) is 3.03. The molecule has 2 amide bonds. The van der Waals surface area contributed by atoms with E-state index in [9.17, 15) is 22.8 Å². The highest BCUT2D eigenvalue weighted by atomic mass is 19.3. The van der Waals surface area contributed by atoms with Gasteiger partial charge in [0.05, 0.1) is 19.2 Å². The van der Waals surface area contributed by atoms with Crippen molar-refractivity contribution in [3.8, 4) is 6.07 Å². The zero-order valence-corrected chi connectivity index (χ0v) is 15.2. The predicted octanol–water partition coefficient (Wildman–Crippen LogP) is 2.30. The third-order valence-electron chi connectivity index (χ3n) is 4.60. The number of hydrogen-bond acceptors (Lipinski definition) is 4. The largest absolute Gasteiger partial charge is 0.343 e. The zero-order chi connectivity index (χ0) is 21.0. The smallest absolute Gasteiger partial charge is 0.268 e. The van der Waals surface area contributed by atoms with Crippen LogP contribution in [-0.2, 0) is 11.2 Å². The summed E-state index contributed by atoms with van der Waals surface area (Å²) in [5.41, 5.74) is 1.59. The van der Waals surface area contributed by atoms with Crippen molar-refractivity contribution in [1.82, 2.24) is 15.2 Å². The van der Waals surface area contributed by atoms with Gasteiger partial charge in [-0.05, 0) is 35.7 Å². The molecule has 1 aromatic heterocycles. The van der Waals surface area contributed by atoms with Crippen LogP contribution in [0, 0.1) is 17.1 Å². The maximum atomic E-state index is 13.5. The highest BCUT2D eigenvalue weighted by Gasteiger charge is 2.47. The van der Waals surface area contributed by atoms with E-state index in [1.807, 2.05) is 0 Å². The first-order valence-corrected chi connectivity index (χ1v) is 8.81. The second kappa shape index (κ2) is 8.31. The van der Waals surface area contributed by atoms with E-state index < -0.39 is 43.3 Å². The summed E-state index contributed by atoms with van der Waals surface area (Å²) in [4.78, 5) is 29.5. The fraction of sp³-hybridized carbons (Fsp3) is 0.300. The van der Waals surface area contributed by atoms with Crippen molar-refractivity contribution in [1.29, 1.82) is 5.26 Å². The summed E-state index contributed by atoms with van der Waals surface area (Å²) in [5.74, 6) is -4.82. The van der Waals surface area contributed by atoms with Gasteiger partial charge in [-0.3, -0.25) is 14.6 Å². The van der Waals surface area contributed by atoms with Crippen LogP contribution in [0.2, 0.25) is 0 Å². The molecule has 1 aliphatic rings. The number of likely N-dealkylation sites (tertiary alicyclic amines) is 1. The number of alkyl halides is 2. The molecule has 1 atom stereocenters. The number of nitrogens with one attached hydrogen (secondary N) is 1. The van der Waals surface area contributed by atoms with Crippen LogP contribution in [0.15, 0.2) is 42.7 Å². The molecule has 2 aromatic rings. The molecule has 1 fully saturated rings. The Balaban J connectivity index is 1.66. The number of carbonyl (C=O) groups is 2. The van der Waals surface area contributed by atoms with Gasteiger partial charge in [-0.25, -0.2) is 13.2 Å². The van der Waals surface area contributed by atoms with Crippen LogP contribution in [0.25, 0.3) is 0 Å². The Bertz CT molecular complexity index is 957. The van der Waals surface area contributed by atoms with Gasteiger partial charge >= 0.3 is 0 Å². The maximum Gasteiger partial charge on any atom is 0.268 e. The first-order chi connectivity index (χ1) is 13.8. The Morgan fingerprint density at radius 2 is 2.00 bits per heavy atom. The first kappa shape index (κ1) is 20.3. The zero-order valence-electron chi connectivity index (χ0n) is 15.2. The molecule has 1 unspecified atom stereocenters. The van der Waals surface area contributed by atoms with Gasteiger partial charge in [0.15, 0.2) is 0 Å². The molecule has 0 spiro atoms. The predicted molar refractivity (Wildman–Crippen MR) is 96.5 cm³/mol. The number of amides is 2. The van der Waals surface area contributed by atoms with Gasteiger partial charge in [0.1, 0.15) is 11.9 Å². The van der Waals surface area contributed by atoms with Crippen molar-refractivity contribution in [3.05, 3.63) is 65.2 Å².